The topological polar surface area (TPSA) is 38.0 Å². The molecule has 3 nitrogen and oxygen atoms in total. The van der Waals surface area contributed by atoms with E-state index in [0.717, 1.165) is 28.2 Å². The van der Waals surface area contributed by atoms with E-state index in [1.165, 1.54) is 0 Å². The fourth-order valence-corrected chi connectivity index (χ4v) is 2.86. The van der Waals surface area contributed by atoms with Crippen LogP contribution < -0.4 is 0 Å². The van der Waals surface area contributed by atoms with Crippen LogP contribution >= 0.6 is 0 Å². The van der Waals surface area contributed by atoms with Crippen molar-refractivity contribution in [2.45, 2.75) is 0 Å². The van der Waals surface area contributed by atoms with Gasteiger partial charge in [-0.25, -0.2) is 4.68 Å². The lowest BCUT2D eigenvalue weighted by Crippen LogP contribution is -1.98. The molecule has 0 bridgehead atoms. The highest BCUT2D eigenvalue weighted by molar-refractivity contribution is 5.74. The molecule has 26 heavy (non-hydrogen) atoms. The molecule has 0 aliphatic heterocycles. The van der Waals surface area contributed by atoms with Gasteiger partial charge in [-0.15, -0.1) is 0 Å². The molecule has 0 atom stereocenters. The number of phenols is 1. The molecule has 1 N–H and O–H groups in total. The van der Waals surface area contributed by atoms with Crippen LogP contribution in [0.2, 0.25) is 0 Å². The quantitative estimate of drug-likeness (QED) is 0.540. The second-order valence-corrected chi connectivity index (χ2v) is 5.96. The zero-order valence-corrected chi connectivity index (χ0v) is 14.2. The number of para-hydroxylation sites is 2. The van der Waals surface area contributed by atoms with E-state index in [1.54, 1.807) is 6.07 Å². The highest BCUT2D eigenvalue weighted by Gasteiger charge is 2.12. The fraction of sp³-hybridized carbons (Fsp3) is 0. The van der Waals surface area contributed by atoms with Crippen molar-refractivity contribution in [3.63, 3.8) is 0 Å². The molecule has 3 aromatic carbocycles. The Labute approximate surface area is 152 Å². The summed E-state index contributed by atoms with van der Waals surface area (Å²) >= 11 is 0. The van der Waals surface area contributed by atoms with Gasteiger partial charge in [0.25, 0.3) is 0 Å². The minimum atomic E-state index is 0.226. The molecule has 126 valence electrons. The van der Waals surface area contributed by atoms with E-state index >= 15 is 0 Å². The number of aromatic nitrogens is 2. The van der Waals surface area contributed by atoms with E-state index in [2.05, 4.69) is 18.2 Å². The Hall–Kier alpha value is -3.59. The van der Waals surface area contributed by atoms with E-state index in [1.807, 2.05) is 83.6 Å². The van der Waals surface area contributed by atoms with Crippen LogP contribution in [0.1, 0.15) is 11.3 Å². The van der Waals surface area contributed by atoms with Crippen LogP contribution in [0.4, 0.5) is 0 Å². The first kappa shape index (κ1) is 15.9. The Morgan fingerprint density at radius 2 is 1.38 bits per heavy atom. The van der Waals surface area contributed by atoms with Gasteiger partial charge in [-0.05, 0) is 42.0 Å². The van der Waals surface area contributed by atoms with Gasteiger partial charge in [0.2, 0.25) is 0 Å². The molecule has 0 fully saturated rings. The highest BCUT2D eigenvalue weighted by Crippen LogP contribution is 2.29. The van der Waals surface area contributed by atoms with E-state index < -0.39 is 0 Å². The Morgan fingerprint density at radius 1 is 0.731 bits per heavy atom. The van der Waals surface area contributed by atoms with Crippen molar-refractivity contribution in [3.8, 4) is 22.7 Å². The van der Waals surface area contributed by atoms with Gasteiger partial charge < -0.3 is 5.11 Å². The molecular weight excluding hydrogens is 320 g/mol. The molecule has 0 spiro atoms. The number of aromatic hydroxyl groups is 1. The van der Waals surface area contributed by atoms with Gasteiger partial charge in [-0.3, -0.25) is 0 Å². The molecule has 0 unspecified atom stereocenters. The summed E-state index contributed by atoms with van der Waals surface area (Å²) in [6, 6.07) is 29.4. The Bertz CT molecular complexity index is 1030. The van der Waals surface area contributed by atoms with Crippen LogP contribution in [0.5, 0.6) is 5.75 Å². The smallest absolute Gasteiger partial charge is 0.125 e. The number of hydrogen-bond acceptors (Lipinski definition) is 2. The lowest BCUT2D eigenvalue weighted by molar-refractivity contribution is 0.477. The normalized spacial score (nSPS) is 11.1. The average molecular weight is 338 g/mol. The maximum atomic E-state index is 10.2. The third kappa shape index (κ3) is 3.28. The predicted octanol–water partition coefficient (Wildman–Crippen LogP) is 5.42. The molecule has 0 aliphatic rings. The van der Waals surface area contributed by atoms with Gasteiger partial charge in [0.1, 0.15) is 5.75 Å². The molecule has 1 heterocycles. The van der Waals surface area contributed by atoms with Crippen molar-refractivity contribution in [1.82, 2.24) is 9.78 Å². The first-order valence-corrected chi connectivity index (χ1v) is 8.48. The minimum absolute atomic E-state index is 0.226. The summed E-state index contributed by atoms with van der Waals surface area (Å²) in [5.41, 5.74) is 4.49. The summed E-state index contributed by atoms with van der Waals surface area (Å²) in [7, 11) is 0. The van der Waals surface area contributed by atoms with Crippen molar-refractivity contribution < 1.29 is 5.11 Å². The molecule has 0 saturated carbocycles. The lowest BCUT2D eigenvalue weighted by atomic mass is 10.1. The summed E-state index contributed by atoms with van der Waals surface area (Å²) < 4.78 is 1.89. The van der Waals surface area contributed by atoms with Crippen LogP contribution in [0.3, 0.4) is 0 Å². The minimum Gasteiger partial charge on any atom is -0.507 e. The van der Waals surface area contributed by atoms with E-state index in [4.69, 9.17) is 5.10 Å². The molecule has 4 rings (SSSR count). The molecule has 4 aromatic rings. The summed E-state index contributed by atoms with van der Waals surface area (Å²) in [4.78, 5) is 0. The first-order valence-electron chi connectivity index (χ1n) is 8.48. The van der Waals surface area contributed by atoms with Crippen LogP contribution in [0, 0.1) is 0 Å². The zero-order chi connectivity index (χ0) is 17.8. The first-order chi connectivity index (χ1) is 12.8. The molecule has 1 aromatic heterocycles. The van der Waals surface area contributed by atoms with Crippen LogP contribution in [0.15, 0.2) is 91.0 Å². The number of hydrogen-bond donors (Lipinski definition) is 1. The maximum absolute atomic E-state index is 10.2. The Balaban J connectivity index is 1.81. The maximum Gasteiger partial charge on any atom is 0.125 e. The molecule has 3 heteroatoms. The highest BCUT2D eigenvalue weighted by atomic mass is 16.3. The summed E-state index contributed by atoms with van der Waals surface area (Å²) in [6.07, 6.45) is 4.10. The van der Waals surface area contributed by atoms with Crippen molar-refractivity contribution in [1.29, 1.82) is 0 Å². The molecular formula is C23H18N2O. The van der Waals surface area contributed by atoms with E-state index in [-0.39, 0.29) is 5.75 Å². The molecule has 0 radical (unpaired) electrons. The summed E-state index contributed by atoms with van der Waals surface area (Å²) in [5, 5.41) is 14.9. The third-order valence-electron chi connectivity index (χ3n) is 4.16. The van der Waals surface area contributed by atoms with Gasteiger partial charge in [0.15, 0.2) is 0 Å². The number of phenolic OH excluding ortho intramolecular Hbond substituents is 1. The van der Waals surface area contributed by atoms with Gasteiger partial charge in [0, 0.05) is 5.56 Å². The van der Waals surface area contributed by atoms with Crippen molar-refractivity contribution in [2.75, 3.05) is 0 Å². The van der Waals surface area contributed by atoms with Crippen molar-refractivity contribution >= 4 is 12.2 Å². The van der Waals surface area contributed by atoms with Crippen LogP contribution in [-0.2, 0) is 0 Å². The monoisotopic (exact) mass is 338 g/mol. The largest absolute Gasteiger partial charge is 0.507 e. The average Bonchev–Trinajstić information content (AvgIpc) is 3.12. The second-order valence-electron chi connectivity index (χ2n) is 5.96. The fourth-order valence-electron chi connectivity index (χ4n) is 2.86. The molecule has 0 saturated heterocycles. The summed E-state index contributed by atoms with van der Waals surface area (Å²) in [5.74, 6) is 0.226. The van der Waals surface area contributed by atoms with Crippen LogP contribution in [-0.4, -0.2) is 14.9 Å². The number of rotatable bonds is 4. The standard InChI is InChI=1S/C23H18N2O/c26-23-14-8-7-13-21(23)22-17-20(16-15-18-9-3-1-4-10-18)25(24-22)19-11-5-2-6-12-19/h1-17,26H. The van der Waals surface area contributed by atoms with Crippen LogP contribution in [0.25, 0.3) is 29.1 Å². The Morgan fingerprint density at radius 3 is 2.12 bits per heavy atom. The van der Waals surface area contributed by atoms with Crippen molar-refractivity contribution in [3.05, 3.63) is 102 Å². The van der Waals surface area contributed by atoms with Gasteiger partial charge in [-0.2, -0.15) is 5.10 Å². The third-order valence-corrected chi connectivity index (χ3v) is 4.16. The van der Waals surface area contributed by atoms with Crippen molar-refractivity contribution in [2.24, 2.45) is 0 Å². The predicted molar refractivity (Wildman–Crippen MR) is 106 cm³/mol. The van der Waals surface area contributed by atoms with E-state index in [9.17, 15) is 5.11 Å². The Kier molecular flexibility index (Phi) is 4.35. The SMILES string of the molecule is Oc1ccccc1-c1cc(C=Cc2ccccc2)n(-c2ccccc2)n1. The van der Waals surface area contributed by atoms with Gasteiger partial charge >= 0.3 is 0 Å². The van der Waals surface area contributed by atoms with Gasteiger partial charge in [-0.1, -0.05) is 66.7 Å². The molecule has 0 aliphatic carbocycles. The second kappa shape index (κ2) is 7.11. The van der Waals surface area contributed by atoms with Gasteiger partial charge in [0.05, 0.1) is 17.1 Å². The summed E-state index contributed by atoms with van der Waals surface area (Å²) in [6.45, 7) is 0. The lowest BCUT2D eigenvalue weighted by Gasteiger charge is -2.04. The zero-order valence-electron chi connectivity index (χ0n) is 14.2. The number of benzene rings is 3. The van der Waals surface area contributed by atoms with E-state index in [0.29, 0.717) is 0 Å². The molecule has 0 amide bonds. The number of nitrogens with zero attached hydrogens (tertiary/aromatic N) is 2.